The summed E-state index contributed by atoms with van der Waals surface area (Å²) in [5.41, 5.74) is 10.0. The quantitative estimate of drug-likeness (QED) is 0.488. The van der Waals surface area contributed by atoms with Crippen LogP contribution in [0.3, 0.4) is 0 Å². The molecule has 3 aromatic rings. The number of nitrogens with one attached hydrogen (secondary N) is 2. The molecule has 2 aromatic heterocycles. The molecular formula is C26H31N5O3. The van der Waals surface area contributed by atoms with Crippen LogP contribution in [-0.2, 0) is 24.2 Å². The Morgan fingerprint density at radius 2 is 1.88 bits per heavy atom. The van der Waals surface area contributed by atoms with Gasteiger partial charge in [0.25, 0.3) is 11.5 Å². The van der Waals surface area contributed by atoms with Gasteiger partial charge in [-0.25, -0.2) is 0 Å². The molecular weight excluding hydrogens is 430 g/mol. The first kappa shape index (κ1) is 24.7. The van der Waals surface area contributed by atoms with E-state index in [9.17, 15) is 14.4 Å². The van der Waals surface area contributed by atoms with E-state index in [2.05, 4.69) is 27.7 Å². The molecule has 1 aromatic carbocycles. The lowest BCUT2D eigenvalue weighted by atomic mass is 9.88. The number of pyridine rings is 1. The lowest BCUT2D eigenvalue weighted by Gasteiger charge is -2.21. The topological polar surface area (TPSA) is 123 Å². The summed E-state index contributed by atoms with van der Waals surface area (Å²) in [7, 11) is 0. The minimum Gasteiger partial charge on any atom is -0.366 e. The summed E-state index contributed by atoms with van der Waals surface area (Å²) in [5, 5.41) is 7.26. The molecule has 178 valence electrons. The van der Waals surface area contributed by atoms with Crippen molar-refractivity contribution in [2.24, 2.45) is 5.73 Å². The van der Waals surface area contributed by atoms with E-state index < -0.39 is 5.91 Å². The number of carbonyl (C=O) groups excluding carboxylic acids is 2. The number of rotatable bonds is 6. The Kier molecular flexibility index (Phi) is 8.19. The second-order valence-electron chi connectivity index (χ2n) is 8.31. The number of primary amides is 1. The van der Waals surface area contributed by atoms with E-state index in [-0.39, 0.29) is 24.1 Å². The Labute approximate surface area is 198 Å². The number of nitrogens with two attached hydrogens (primary N) is 1. The third kappa shape index (κ3) is 5.89. The standard InChI is InChI=1S/C23H26N4O2.C3H5NO/c1-15-19-10-6-7-11-20(19)21(23(29)26-15)13-24-22(28)18-12-25-27(14-18)16(2)17-8-4-3-5-9-17;1-2-3(4)5/h3-5,8-9,12,14,16H,6-7,10-11,13H2,1-2H3,(H,24,28)(H,26,29);2H,1H2,(H2,4,5). The molecule has 8 heteroatoms. The third-order valence-corrected chi connectivity index (χ3v) is 6.03. The summed E-state index contributed by atoms with van der Waals surface area (Å²) in [6.07, 6.45) is 8.50. The summed E-state index contributed by atoms with van der Waals surface area (Å²) in [4.78, 5) is 37.6. The number of hydrogen-bond donors (Lipinski definition) is 3. The van der Waals surface area contributed by atoms with E-state index in [0.717, 1.165) is 48.6 Å². The maximum atomic E-state index is 12.7. The number of aromatic nitrogens is 3. The van der Waals surface area contributed by atoms with Gasteiger partial charge in [-0.05, 0) is 62.3 Å². The average Bonchev–Trinajstić information content (AvgIpc) is 3.35. The van der Waals surface area contributed by atoms with E-state index >= 15 is 0 Å². The highest BCUT2D eigenvalue weighted by Crippen LogP contribution is 2.24. The van der Waals surface area contributed by atoms with Gasteiger partial charge in [-0.15, -0.1) is 0 Å². The summed E-state index contributed by atoms with van der Waals surface area (Å²) in [6.45, 7) is 7.32. The minimum absolute atomic E-state index is 0.0321. The predicted molar refractivity (Wildman–Crippen MR) is 131 cm³/mol. The Bertz CT molecular complexity index is 1230. The number of aryl methyl sites for hydroxylation is 1. The fourth-order valence-corrected chi connectivity index (χ4v) is 4.12. The SMILES string of the molecule is C=CC(N)=O.Cc1[nH]c(=O)c(CNC(=O)c2cnn(C(C)c3ccccc3)c2)c2c1CCCC2. The molecule has 0 spiro atoms. The van der Waals surface area contributed by atoms with Crippen molar-refractivity contribution in [2.75, 3.05) is 0 Å². The number of nitrogens with zero attached hydrogens (tertiary/aromatic N) is 2. The second kappa shape index (κ2) is 11.3. The molecule has 8 nitrogen and oxygen atoms in total. The second-order valence-corrected chi connectivity index (χ2v) is 8.31. The van der Waals surface area contributed by atoms with Crippen LogP contribution in [0.5, 0.6) is 0 Å². The number of fused-ring (bicyclic) bond motifs is 1. The monoisotopic (exact) mass is 461 g/mol. The molecule has 0 fully saturated rings. The fraction of sp³-hybridized carbons (Fsp3) is 0.308. The van der Waals surface area contributed by atoms with E-state index in [0.29, 0.717) is 11.1 Å². The van der Waals surface area contributed by atoms with Gasteiger partial charge in [-0.3, -0.25) is 19.1 Å². The van der Waals surface area contributed by atoms with E-state index in [1.807, 2.05) is 44.2 Å². The molecule has 4 rings (SSSR count). The molecule has 1 atom stereocenters. The minimum atomic E-state index is -0.481. The highest BCUT2D eigenvalue weighted by atomic mass is 16.2. The maximum Gasteiger partial charge on any atom is 0.254 e. The molecule has 0 saturated heterocycles. The summed E-state index contributed by atoms with van der Waals surface area (Å²) < 4.78 is 1.78. The van der Waals surface area contributed by atoms with Crippen LogP contribution in [0.25, 0.3) is 0 Å². The van der Waals surface area contributed by atoms with Gasteiger partial charge in [-0.1, -0.05) is 36.9 Å². The van der Waals surface area contributed by atoms with Crippen LogP contribution < -0.4 is 16.6 Å². The molecule has 0 aliphatic heterocycles. The van der Waals surface area contributed by atoms with E-state index in [1.165, 1.54) is 5.56 Å². The third-order valence-electron chi connectivity index (χ3n) is 6.03. The highest BCUT2D eigenvalue weighted by Gasteiger charge is 2.20. The number of hydrogen-bond acceptors (Lipinski definition) is 4. The molecule has 1 aliphatic carbocycles. The molecule has 0 saturated carbocycles. The zero-order valence-electron chi connectivity index (χ0n) is 19.6. The molecule has 1 aliphatic rings. The van der Waals surface area contributed by atoms with Crippen molar-refractivity contribution < 1.29 is 9.59 Å². The number of amides is 2. The molecule has 4 N–H and O–H groups in total. The van der Waals surface area contributed by atoms with E-state index in [4.69, 9.17) is 0 Å². The largest absolute Gasteiger partial charge is 0.366 e. The van der Waals surface area contributed by atoms with Gasteiger partial charge >= 0.3 is 0 Å². The van der Waals surface area contributed by atoms with Crippen molar-refractivity contribution >= 4 is 11.8 Å². The lowest BCUT2D eigenvalue weighted by Crippen LogP contribution is -2.30. The number of benzene rings is 1. The average molecular weight is 462 g/mol. The van der Waals surface area contributed by atoms with Crippen LogP contribution in [0.2, 0.25) is 0 Å². The van der Waals surface area contributed by atoms with Crippen molar-refractivity contribution in [1.29, 1.82) is 0 Å². The molecule has 34 heavy (non-hydrogen) atoms. The Hall–Kier alpha value is -3.94. The molecule has 1 unspecified atom stereocenters. The summed E-state index contributed by atoms with van der Waals surface area (Å²) in [6, 6.07) is 10.1. The van der Waals surface area contributed by atoms with Crippen molar-refractivity contribution in [3.63, 3.8) is 0 Å². The lowest BCUT2D eigenvalue weighted by molar-refractivity contribution is -0.113. The first-order valence-corrected chi connectivity index (χ1v) is 11.3. The Morgan fingerprint density at radius 3 is 2.53 bits per heavy atom. The van der Waals surface area contributed by atoms with Gasteiger partial charge in [0.2, 0.25) is 5.91 Å². The first-order chi connectivity index (χ1) is 16.3. The summed E-state index contributed by atoms with van der Waals surface area (Å²) in [5.74, 6) is -0.703. The number of H-pyrrole nitrogens is 1. The van der Waals surface area contributed by atoms with Crippen molar-refractivity contribution in [3.05, 3.63) is 99.2 Å². The van der Waals surface area contributed by atoms with Gasteiger partial charge < -0.3 is 16.0 Å². The first-order valence-electron chi connectivity index (χ1n) is 11.3. The molecule has 0 bridgehead atoms. The Balaban J connectivity index is 0.000000588. The molecule has 2 amide bonds. The van der Waals surface area contributed by atoms with Crippen LogP contribution in [0.1, 0.15) is 64.1 Å². The fourth-order valence-electron chi connectivity index (χ4n) is 4.12. The van der Waals surface area contributed by atoms with Gasteiger partial charge in [0, 0.05) is 24.0 Å². The normalized spacial score (nSPS) is 13.1. The van der Waals surface area contributed by atoms with Crippen LogP contribution >= 0.6 is 0 Å². The van der Waals surface area contributed by atoms with E-state index in [1.54, 1.807) is 17.1 Å². The van der Waals surface area contributed by atoms with Crippen LogP contribution in [0.15, 0.2) is 60.2 Å². The van der Waals surface area contributed by atoms with Crippen LogP contribution in [0, 0.1) is 6.92 Å². The van der Waals surface area contributed by atoms with Gasteiger partial charge in [0.15, 0.2) is 0 Å². The highest BCUT2D eigenvalue weighted by molar-refractivity contribution is 5.93. The maximum absolute atomic E-state index is 12.7. The van der Waals surface area contributed by atoms with Gasteiger partial charge in [0.1, 0.15) is 0 Å². The zero-order valence-corrected chi connectivity index (χ0v) is 19.6. The van der Waals surface area contributed by atoms with Crippen LogP contribution in [0.4, 0.5) is 0 Å². The van der Waals surface area contributed by atoms with Crippen LogP contribution in [-0.4, -0.2) is 26.6 Å². The zero-order chi connectivity index (χ0) is 24.7. The smallest absolute Gasteiger partial charge is 0.254 e. The summed E-state index contributed by atoms with van der Waals surface area (Å²) >= 11 is 0. The van der Waals surface area contributed by atoms with Gasteiger partial charge in [-0.2, -0.15) is 5.10 Å². The predicted octanol–water partition coefficient (Wildman–Crippen LogP) is 2.96. The molecule has 0 radical (unpaired) electrons. The number of carbonyl (C=O) groups is 2. The Morgan fingerprint density at radius 1 is 1.24 bits per heavy atom. The number of aromatic amines is 1. The van der Waals surface area contributed by atoms with Gasteiger partial charge in [0.05, 0.1) is 17.8 Å². The van der Waals surface area contributed by atoms with Crippen molar-refractivity contribution in [1.82, 2.24) is 20.1 Å². The molecule has 2 heterocycles. The van der Waals surface area contributed by atoms with Crippen molar-refractivity contribution in [3.8, 4) is 0 Å². The van der Waals surface area contributed by atoms with Crippen molar-refractivity contribution in [2.45, 2.75) is 52.1 Å².